The van der Waals surface area contributed by atoms with Gasteiger partial charge in [0.15, 0.2) is 5.78 Å². The highest BCUT2D eigenvalue weighted by Gasteiger charge is 2.51. The molecule has 0 aromatic rings. The molecule has 0 atom stereocenters. The van der Waals surface area contributed by atoms with Crippen molar-refractivity contribution < 1.29 is 9.59 Å². The van der Waals surface area contributed by atoms with Crippen LogP contribution in [0.15, 0.2) is 0 Å². The Balaban J connectivity index is 2.29. The summed E-state index contributed by atoms with van der Waals surface area (Å²) >= 11 is 0. The predicted molar refractivity (Wildman–Crippen MR) is 57.4 cm³/mol. The molecule has 1 N–H and O–H groups in total. The van der Waals surface area contributed by atoms with Gasteiger partial charge in [0.1, 0.15) is 0 Å². The van der Waals surface area contributed by atoms with Crippen molar-refractivity contribution in [2.75, 3.05) is 0 Å². The van der Waals surface area contributed by atoms with E-state index >= 15 is 0 Å². The van der Waals surface area contributed by atoms with Crippen molar-refractivity contribution in [3.05, 3.63) is 0 Å². The van der Waals surface area contributed by atoms with Crippen LogP contribution < -0.4 is 5.32 Å². The molecule has 84 valence electrons. The van der Waals surface area contributed by atoms with E-state index in [4.69, 9.17) is 0 Å². The Labute approximate surface area is 90.6 Å². The molecule has 0 aromatic heterocycles. The molecule has 15 heavy (non-hydrogen) atoms. The maximum Gasteiger partial charge on any atom is 0.221 e. The first-order chi connectivity index (χ1) is 6.96. The Morgan fingerprint density at radius 2 is 1.67 bits per heavy atom. The third-order valence-electron chi connectivity index (χ3n) is 3.74. The highest BCUT2D eigenvalue weighted by atomic mass is 16.2. The molecule has 0 unspecified atom stereocenters. The summed E-state index contributed by atoms with van der Waals surface area (Å²) in [6.07, 6.45) is 5.31. The molecule has 1 saturated heterocycles. The summed E-state index contributed by atoms with van der Waals surface area (Å²) < 4.78 is 0. The average Bonchev–Trinajstić information content (AvgIpc) is 2.15. The van der Waals surface area contributed by atoms with Crippen LogP contribution in [0.1, 0.15) is 52.4 Å². The first-order valence-corrected chi connectivity index (χ1v) is 5.82. The zero-order valence-electron chi connectivity index (χ0n) is 9.56. The van der Waals surface area contributed by atoms with Gasteiger partial charge in [0.05, 0.1) is 5.54 Å². The normalized spacial score (nSPS) is 28.9. The minimum absolute atomic E-state index is 0.0431. The molecule has 1 saturated carbocycles. The van der Waals surface area contributed by atoms with Crippen molar-refractivity contribution in [3.63, 3.8) is 0 Å². The van der Waals surface area contributed by atoms with Gasteiger partial charge in [-0.15, -0.1) is 0 Å². The van der Waals surface area contributed by atoms with Crippen LogP contribution in [0.25, 0.3) is 0 Å². The van der Waals surface area contributed by atoms with Gasteiger partial charge in [-0.3, -0.25) is 9.59 Å². The summed E-state index contributed by atoms with van der Waals surface area (Å²) in [5.41, 5.74) is -0.989. The first kappa shape index (κ1) is 10.7. The quantitative estimate of drug-likeness (QED) is 0.661. The molecular formula is C12H19NO2. The zero-order valence-corrected chi connectivity index (χ0v) is 9.56. The minimum Gasteiger partial charge on any atom is -0.344 e. The predicted octanol–water partition coefficient (Wildman–Crippen LogP) is 1.80. The fourth-order valence-electron chi connectivity index (χ4n) is 3.00. The third-order valence-corrected chi connectivity index (χ3v) is 3.74. The smallest absolute Gasteiger partial charge is 0.221 e. The van der Waals surface area contributed by atoms with Crippen molar-refractivity contribution in [2.45, 2.75) is 57.9 Å². The number of carbonyl (C=O) groups is 2. The van der Waals surface area contributed by atoms with Gasteiger partial charge in [0.2, 0.25) is 5.91 Å². The van der Waals surface area contributed by atoms with Gasteiger partial charge in [-0.05, 0) is 12.8 Å². The summed E-state index contributed by atoms with van der Waals surface area (Å²) in [4.78, 5) is 24.0. The number of Topliss-reactive ketones (excluding diaryl/α,β-unsaturated/α-hetero) is 1. The van der Waals surface area contributed by atoms with Crippen molar-refractivity contribution in [1.82, 2.24) is 5.32 Å². The molecule has 2 rings (SSSR count). The van der Waals surface area contributed by atoms with Crippen LogP contribution in [0.4, 0.5) is 0 Å². The van der Waals surface area contributed by atoms with Crippen LogP contribution in [0, 0.1) is 5.41 Å². The van der Waals surface area contributed by atoms with Gasteiger partial charge in [-0.1, -0.05) is 33.1 Å². The summed E-state index contributed by atoms with van der Waals surface area (Å²) in [6, 6.07) is 0. The molecule has 0 bridgehead atoms. The number of nitrogens with one attached hydrogen (secondary N) is 1. The van der Waals surface area contributed by atoms with Crippen LogP contribution in [0.2, 0.25) is 0 Å². The molecular weight excluding hydrogens is 190 g/mol. The van der Waals surface area contributed by atoms with Crippen molar-refractivity contribution in [1.29, 1.82) is 0 Å². The van der Waals surface area contributed by atoms with Gasteiger partial charge in [0.25, 0.3) is 0 Å². The number of carbonyl (C=O) groups excluding carboxylic acids is 2. The van der Waals surface area contributed by atoms with E-state index in [-0.39, 0.29) is 11.7 Å². The first-order valence-electron chi connectivity index (χ1n) is 5.82. The van der Waals surface area contributed by atoms with Gasteiger partial charge in [-0.2, -0.15) is 0 Å². The average molecular weight is 209 g/mol. The zero-order chi connectivity index (χ0) is 11.1. The maximum absolute atomic E-state index is 12.4. The van der Waals surface area contributed by atoms with E-state index in [0.29, 0.717) is 6.42 Å². The van der Waals surface area contributed by atoms with Crippen LogP contribution in [-0.2, 0) is 9.59 Å². The number of hydrogen-bond acceptors (Lipinski definition) is 2. The van der Waals surface area contributed by atoms with Crippen LogP contribution in [-0.4, -0.2) is 17.2 Å². The van der Waals surface area contributed by atoms with Crippen molar-refractivity contribution in [3.8, 4) is 0 Å². The lowest BCUT2D eigenvalue weighted by molar-refractivity contribution is -0.148. The standard InChI is InChI=1S/C12H19NO2/c1-11(2)8-9(14)13-12(10(11)15)6-4-3-5-7-12/h3-8H2,1-2H3,(H,13,14). The van der Waals surface area contributed by atoms with E-state index in [9.17, 15) is 9.59 Å². The maximum atomic E-state index is 12.4. The summed E-state index contributed by atoms with van der Waals surface area (Å²) in [7, 11) is 0. The highest BCUT2D eigenvalue weighted by Crippen LogP contribution is 2.39. The lowest BCUT2D eigenvalue weighted by Gasteiger charge is -2.45. The Kier molecular flexibility index (Phi) is 2.36. The molecule has 2 aliphatic rings. The summed E-state index contributed by atoms with van der Waals surface area (Å²) in [5, 5.41) is 2.95. The Hall–Kier alpha value is -0.860. The Bertz CT molecular complexity index is 301. The SMILES string of the molecule is CC1(C)CC(=O)NC2(CCCCC2)C1=O. The number of piperidine rings is 1. The molecule has 0 radical (unpaired) electrons. The minimum atomic E-state index is -0.517. The number of rotatable bonds is 0. The molecule has 2 fully saturated rings. The fraction of sp³-hybridized carbons (Fsp3) is 0.833. The monoisotopic (exact) mass is 209 g/mol. The second-order valence-electron chi connectivity index (χ2n) is 5.58. The molecule has 3 heteroatoms. The number of amides is 1. The van der Waals surface area contributed by atoms with Crippen molar-refractivity contribution >= 4 is 11.7 Å². The van der Waals surface area contributed by atoms with Gasteiger partial charge < -0.3 is 5.32 Å². The van der Waals surface area contributed by atoms with E-state index in [1.807, 2.05) is 13.8 Å². The lowest BCUT2D eigenvalue weighted by atomic mass is 9.66. The van der Waals surface area contributed by atoms with E-state index in [0.717, 1.165) is 25.7 Å². The van der Waals surface area contributed by atoms with Gasteiger partial charge in [-0.25, -0.2) is 0 Å². The van der Waals surface area contributed by atoms with Gasteiger partial charge in [0, 0.05) is 11.8 Å². The van der Waals surface area contributed by atoms with E-state index in [1.54, 1.807) is 0 Å². The topological polar surface area (TPSA) is 46.2 Å². The Morgan fingerprint density at radius 1 is 1.07 bits per heavy atom. The molecule has 3 nitrogen and oxygen atoms in total. The largest absolute Gasteiger partial charge is 0.344 e. The molecule has 1 aliphatic heterocycles. The molecule has 1 spiro atoms. The molecule has 0 aromatic carbocycles. The van der Waals surface area contributed by atoms with E-state index in [1.165, 1.54) is 6.42 Å². The molecule has 1 aliphatic carbocycles. The highest BCUT2D eigenvalue weighted by molar-refractivity contribution is 6.02. The van der Waals surface area contributed by atoms with Crippen LogP contribution in [0.5, 0.6) is 0 Å². The second-order valence-corrected chi connectivity index (χ2v) is 5.58. The van der Waals surface area contributed by atoms with Gasteiger partial charge >= 0.3 is 0 Å². The second kappa shape index (κ2) is 3.32. The van der Waals surface area contributed by atoms with Crippen LogP contribution in [0.3, 0.4) is 0 Å². The third kappa shape index (κ3) is 1.68. The fourth-order valence-corrected chi connectivity index (χ4v) is 3.00. The number of ketones is 1. The summed E-state index contributed by atoms with van der Waals surface area (Å²) in [6.45, 7) is 3.79. The van der Waals surface area contributed by atoms with Crippen LogP contribution >= 0.6 is 0 Å². The Morgan fingerprint density at radius 3 is 2.27 bits per heavy atom. The van der Waals surface area contributed by atoms with E-state index < -0.39 is 11.0 Å². The number of hydrogen-bond donors (Lipinski definition) is 1. The summed E-state index contributed by atoms with van der Waals surface area (Å²) in [5.74, 6) is 0.288. The molecule has 1 heterocycles. The molecule has 1 amide bonds. The van der Waals surface area contributed by atoms with Crippen molar-refractivity contribution in [2.24, 2.45) is 5.41 Å². The lowest BCUT2D eigenvalue weighted by Crippen LogP contribution is -2.64. The van der Waals surface area contributed by atoms with E-state index in [2.05, 4.69) is 5.32 Å².